The highest BCUT2D eigenvalue weighted by molar-refractivity contribution is 8.04. The van der Waals surface area contributed by atoms with Crippen LogP contribution < -0.4 is 4.72 Å². The van der Waals surface area contributed by atoms with Gasteiger partial charge in [-0.2, -0.15) is 0 Å². The first-order valence-corrected chi connectivity index (χ1v) is 11.3. The van der Waals surface area contributed by atoms with Gasteiger partial charge in [0.15, 0.2) is 5.82 Å². The van der Waals surface area contributed by atoms with Crippen molar-refractivity contribution in [2.24, 2.45) is 11.3 Å². The molecule has 0 spiro atoms. The minimum absolute atomic E-state index is 0.0305. The minimum Gasteiger partial charge on any atom is -0.345 e. The number of aromatic nitrogens is 2. The number of hydrogen-bond acceptors (Lipinski definition) is 4. The average molecular weight is 474 g/mol. The van der Waals surface area contributed by atoms with Gasteiger partial charge in [0.25, 0.3) is 0 Å². The number of carbonyl (C=O) groups excluding carboxylic acids is 1. The van der Waals surface area contributed by atoms with E-state index in [1.807, 2.05) is 6.08 Å². The Balaban J connectivity index is 1.57. The maximum Gasteiger partial charge on any atom is 0.201 e. The maximum atomic E-state index is 15.2. The van der Waals surface area contributed by atoms with Crippen LogP contribution >= 0.6 is 23.5 Å². The molecular weight excluding hydrogens is 452 g/mol. The minimum atomic E-state index is -0.945. The van der Waals surface area contributed by atoms with E-state index < -0.39 is 23.0 Å². The van der Waals surface area contributed by atoms with Crippen molar-refractivity contribution in [1.29, 1.82) is 0 Å². The third-order valence-corrected chi connectivity index (χ3v) is 6.58. The summed E-state index contributed by atoms with van der Waals surface area (Å²) in [5.74, 6) is -2.23. The number of anilines is 1. The normalized spacial score (nSPS) is 16.3. The Hall–Kier alpha value is -2.64. The molecule has 1 unspecified atom stereocenters. The highest BCUT2D eigenvalue weighted by atomic mass is 35.5. The topological polar surface area (TPSA) is 57.8 Å². The van der Waals surface area contributed by atoms with Crippen LogP contribution in [-0.4, -0.2) is 15.8 Å². The number of aromatic amines is 1. The molecule has 0 aliphatic heterocycles. The number of allylic oxidation sites excluding steroid dienone is 3. The Labute approximate surface area is 194 Å². The summed E-state index contributed by atoms with van der Waals surface area (Å²) in [6, 6.07) is 3.90. The second kappa shape index (κ2) is 8.71. The molecule has 3 aromatic rings. The Kier molecular flexibility index (Phi) is 6.14. The Bertz CT molecular complexity index is 1260. The molecule has 1 aliphatic carbocycles. The molecule has 1 aliphatic rings. The summed E-state index contributed by atoms with van der Waals surface area (Å²) >= 11 is 7.20. The smallest absolute Gasteiger partial charge is 0.201 e. The fourth-order valence-electron chi connectivity index (χ4n) is 3.57. The largest absolute Gasteiger partial charge is 0.345 e. The SMILES string of the molecule is CC(C)(C)C1C=CC(SNc2ccc(F)c(C(=O)c3c[nH]c4ncc(Cl)cc34)c2F)=CC1. The van der Waals surface area contributed by atoms with Crippen molar-refractivity contribution < 1.29 is 13.6 Å². The first-order chi connectivity index (χ1) is 15.1. The van der Waals surface area contributed by atoms with E-state index in [9.17, 15) is 9.18 Å². The monoisotopic (exact) mass is 473 g/mol. The number of benzene rings is 1. The zero-order valence-electron chi connectivity index (χ0n) is 17.8. The molecule has 0 bridgehead atoms. The van der Waals surface area contributed by atoms with Crippen molar-refractivity contribution in [3.63, 3.8) is 0 Å². The van der Waals surface area contributed by atoms with Crippen LogP contribution in [0.5, 0.6) is 0 Å². The van der Waals surface area contributed by atoms with E-state index in [-0.39, 0.29) is 16.7 Å². The van der Waals surface area contributed by atoms with Gasteiger partial charge in [-0.05, 0) is 47.9 Å². The van der Waals surface area contributed by atoms with E-state index in [1.165, 1.54) is 36.5 Å². The zero-order valence-corrected chi connectivity index (χ0v) is 19.4. The van der Waals surface area contributed by atoms with Crippen molar-refractivity contribution in [2.75, 3.05) is 4.72 Å². The van der Waals surface area contributed by atoms with E-state index in [0.717, 1.165) is 17.4 Å². The van der Waals surface area contributed by atoms with Gasteiger partial charge < -0.3 is 9.71 Å². The first-order valence-electron chi connectivity index (χ1n) is 10.1. The van der Waals surface area contributed by atoms with Crippen LogP contribution in [-0.2, 0) is 0 Å². The summed E-state index contributed by atoms with van der Waals surface area (Å²) in [7, 11) is 0. The third-order valence-electron chi connectivity index (χ3n) is 5.52. The van der Waals surface area contributed by atoms with Gasteiger partial charge in [-0.15, -0.1) is 0 Å². The summed E-state index contributed by atoms with van der Waals surface area (Å²) in [6.07, 6.45) is 9.92. The molecule has 1 atom stereocenters. The van der Waals surface area contributed by atoms with E-state index in [1.54, 1.807) is 0 Å². The van der Waals surface area contributed by atoms with Crippen LogP contribution in [0.3, 0.4) is 0 Å². The van der Waals surface area contributed by atoms with Gasteiger partial charge >= 0.3 is 0 Å². The highest BCUT2D eigenvalue weighted by Crippen LogP contribution is 2.36. The number of halogens is 3. The summed E-state index contributed by atoms with van der Waals surface area (Å²) in [5.41, 5.74) is 0.0778. The fraction of sp³-hybridized carbons (Fsp3) is 0.250. The molecular formula is C24H22ClF2N3OS. The number of ketones is 1. The average Bonchev–Trinajstić information content (AvgIpc) is 3.16. The molecule has 4 nitrogen and oxygen atoms in total. The zero-order chi connectivity index (χ0) is 23.0. The maximum absolute atomic E-state index is 15.2. The molecule has 0 saturated heterocycles. The lowest BCUT2D eigenvalue weighted by Gasteiger charge is -2.29. The van der Waals surface area contributed by atoms with Gasteiger partial charge in [0.1, 0.15) is 11.5 Å². The van der Waals surface area contributed by atoms with Crippen molar-refractivity contribution in [2.45, 2.75) is 27.2 Å². The van der Waals surface area contributed by atoms with Crippen LogP contribution in [0.15, 0.2) is 53.7 Å². The molecule has 8 heteroatoms. The number of fused-ring (bicyclic) bond motifs is 1. The Morgan fingerprint density at radius 1 is 1.31 bits per heavy atom. The van der Waals surface area contributed by atoms with Crippen LogP contribution in [0.2, 0.25) is 5.02 Å². The lowest BCUT2D eigenvalue weighted by atomic mass is 9.77. The molecule has 2 heterocycles. The standard InChI is InChI=1S/C24H22ClF2N3OS/c1-24(2,3)13-4-6-15(7-5-13)32-30-19-9-8-18(26)20(21(19)27)22(31)17-12-29-23-16(17)10-14(25)11-28-23/h4,6-13,30H,5H2,1-3H3,(H,28,29). The van der Waals surface area contributed by atoms with Crippen LogP contribution in [0.1, 0.15) is 43.1 Å². The van der Waals surface area contributed by atoms with Gasteiger partial charge in [-0.3, -0.25) is 4.79 Å². The van der Waals surface area contributed by atoms with Crippen molar-refractivity contribution >= 4 is 46.1 Å². The van der Waals surface area contributed by atoms with Crippen LogP contribution in [0.25, 0.3) is 11.0 Å². The molecule has 0 amide bonds. The van der Waals surface area contributed by atoms with Gasteiger partial charge in [0, 0.05) is 28.2 Å². The predicted octanol–water partition coefficient (Wildman–Crippen LogP) is 7.29. The summed E-state index contributed by atoms with van der Waals surface area (Å²) in [5, 5.41) is 0.723. The lowest BCUT2D eigenvalue weighted by molar-refractivity contribution is 0.103. The number of H-pyrrole nitrogens is 1. The van der Waals surface area contributed by atoms with Gasteiger partial charge in [0.2, 0.25) is 5.78 Å². The van der Waals surface area contributed by atoms with Gasteiger partial charge in [0.05, 0.1) is 16.3 Å². The number of nitrogens with zero attached hydrogens (tertiary/aromatic N) is 1. The number of carbonyl (C=O) groups is 1. The number of pyridine rings is 1. The molecule has 2 N–H and O–H groups in total. The van der Waals surface area contributed by atoms with Crippen LogP contribution in [0.4, 0.5) is 14.5 Å². The second-order valence-electron chi connectivity index (χ2n) is 8.74. The van der Waals surface area contributed by atoms with E-state index in [4.69, 9.17) is 11.6 Å². The Morgan fingerprint density at radius 2 is 2.09 bits per heavy atom. The van der Waals surface area contributed by atoms with Crippen molar-refractivity contribution in [3.8, 4) is 0 Å². The van der Waals surface area contributed by atoms with E-state index >= 15 is 4.39 Å². The van der Waals surface area contributed by atoms with Crippen molar-refractivity contribution in [3.05, 3.63) is 81.5 Å². The molecule has 0 fully saturated rings. The lowest BCUT2D eigenvalue weighted by Crippen LogP contribution is -2.19. The van der Waals surface area contributed by atoms with E-state index in [0.29, 0.717) is 22.0 Å². The summed E-state index contributed by atoms with van der Waals surface area (Å²) in [4.78, 5) is 20.9. The fourth-order valence-corrected chi connectivity index (χ4v) is 4.44. The molecule has 0 radical (unpaired) electrons. The first kappa shape index (κ1) is 22.6. The van der Waals surface area contributed by atoms with Crippen molar-refractivity contribution in [1.82, 2.24) is 9.97 Å². The molecule has 4 rings (SSSR count). The third kappa shape index (κ3) is 4.45. The second-order valence-corrected chi connectivity index (χ2v) is 10.1. The number of rotatable bonds is 5. The quantitative estimate of drug-likeness (QED) is 0.301. The molecule has 2 aromatic heterocycles. The summed E-state index contributed by atoms with van der Waals surface area (Å²) in [6.45, 7) is 6.57. The highest BCUT2D eigenvalue weighted by Gasteiger charge is 2.25. The predicted molar refractivity (Wildman–Crippen MR) is 127 cm³/mol. The van der Waals surface area contributed by atoms with E-state index in [2.05, 4.69) is 47.6 Å². The Morgan fingerprint density at radius 3 is 2.78 bits per heavy atom. The molecule has 32 heavy (non-hydrogen) atoms. The van der Waals surface area contributed by atoms with Gasteiger partial charge in [-0.25, -0.2) is 13.8 Å². The molecule has 1 aromatic carbocycles. The summed E-state index contributed by atoms with van der Waals surface area (Å²) < 4.78 is 32.6. The molecule has 0 saturated carbocycles. The number of hydrogen-bond donors (Lipinski definition) is 2. The van der Waals surface area contributed by atoms with Crippen LogP contribution in [0, 0.1) is 23.0 Å². The van der Waals surface area contributed by atoms with Gasteiger partial charge in [-0.1, -0.05) is 50.6 Å². The number of nitrogens with one attached hydrogen (secondary N) is 2. The molecule has 166 valence electrons.